The molecule has 1 saturated heterocycles. The first-order valence-corrected chi connectivity index (χ1v) is 7.38. The van der Waals surface area contributed by atoms with Gasteiger partial charge >= 0.3 is 0 Å². The van der Waals surface area contributed by atoms with Gasteiger partial charge in [-0.15, -0.1) is 11.6 Å². The lowest BCUT2D eigenvalue weighted by molar-refractivity contribution is 0.0614. The molecule has 0 saturated carbocycles. The van der Waals surface area contributed by atoms with Crippen molar-refractivity contribution in [2.45, 2.75) is 25.3 Å². The highest BCUT2D eigenvalue weighted by Crippen LogP contribution is 2.24. The summed E-state index contributed by atoms with van der Waals surface area (Å²) in [5.41, 5.74) is 2.57. The van der Waals surface area contributed by atoms with Crippen molar-refractivity contribution in [3.63, 3.8) is 0 Å². The van der Waals surface area contributed by atoms with Crippen LogP contribution in [0.1, 0.15) is 24.2 Å². The smallest absolute Gasteiger partial charge is 0.124 e. The van der Waals surface area contributed by atoms with Crippen molar-refractivity contribution in [2.24, 2.45) is 5.92 Å². The quantitative estimate of drug-likeness (QED) is 0.816. The fourth-order valence-electron chi connectivity index (χ4n) is 2.74. The number of hydrogen-bond acceptors (Lipinski definition) is 3. The third kappa shape index (κ3) is 2.52. The van der Waals surface area contributed by atoms with E-state index < -0.39 is 0 Å². The van der Waals surface area contributed by atoms with Crippen molar-refractivity contribution in [3.8, 4) is 6.07 Å². The number of aromatic nitrogens is 2. The molecule has 1 aromatic carbocycles. The number of fused-ring (bicyclic) bond motifs is 1. The van der Waals surface area contributed by atoms with E-state index in [-0.39, 0.29) is 0 Å². The summed E-state index contributed by atoms with van der Waals surface area (Å²) < 4.78 is 7.57. The summed E-state index contributed by atoms with van der Waals surface area (Å²) in [5, 5.41) is 9.05. The molecular weight excluding hydrogens is 274 g/mol. The molecule has 0 aliphatic carbocycles. The summed E-state index contributed by atoms with van der Waals surface area (Å²) in [5.74, 6) is 1.86. The maximum atomic E-state index is 9.05. The van der Waals surface area contributed by atoms with Gasteiger partial charge in [0.1, 0.15) is 5.82 Å². The Morgan fingerprint density at radius 1 is 1.40 bits per heavy atom. The van der Waals surface area contributed by atoms with Gasteiger partial charge in [0.25, 0.3) is 0 Å². The normalized spacial score (nSPS) is 16.4. The molecule has 0 unspecified atom stereocenters. The Hall–Kier alpha value is -1.57. The number of alkyl halides is 1. The number of rotatable bonds is 3. The summed E-state index contributed by atoms with van der Waals surface area (Å²) in [4.78, 5) is 4.56. The average molecular weight is 290 g/mol. The molecule has 0 bridgehead atoms. The highest BCUT2D eigenvalue weighted by molar-refractivity contribution is 6.16. The second kappa shape index (κ2) is 5.82. The van der Waals surface area contributed by atoms with Crippen LogP contribution in [0.2, 0.25) is 0 Å². The minimum atomic E-state index is 0.389. The highest BCUT2D eigenvalue weighted by atomic mass is 35.5. The second-order valence-electron chi connectivity index (χ2n) is 5.14. The van der Waals surface area contributed by atoms with Crippen molar-refractivity contribution >= 4 is 22.6 Å². The first-order chi connectivity index (χ1) is 9.81. The van der Waals surface area contributed by atoms with Crippen molar-refractivity contribution in [1.29, 1.82) is 5.26 Å². The van der Waals surface area contributed by atoms with E-state index in [0.717, 1.165) is 49.5 Å². The third-order valence-corrected chi connectivity index (χ3v) is 4.10. The number of imidazole rings is 1. The van der Waals surface area contributed by atoms with Gasteiger partial charge in [0.05, 0.1) is 28.5 Å². The fourth-order valence-corrected chi connectivity index (χ4v) is 2.94. The average Bonchev–Trinajstić information content (AvgIpc) is 2.85. The maximum absolute atomic E-state index is 9.05. The molecule has 0 radical (unpaired) electrons. The van der Waals surface area contributed by atoms with Crippen LogP contribution in [0.3, 0.4) is 0 Å². The number of ether oxygens (including phenoxy) is 1. The van der Waals surface area contributed by atoms with E-state index in [0.29, 0.717) is 17.4 Å². The highest BCUT2D eigenvalue weighted by Gasteiger charge is 2.18. The van der Waals surface area contributed by atoms with Crippen LogP contribution in [0.5, 0.6) is 0 Å². The minimum absolute atomic E-state index is 0.389. The minimum Gasteiger partial charge on any atom is -0.381 e. The maximum Gasteiger partial charge on any atom is 0.124 e. The number of benzene rings is 1. The molecule has 1 aromatic heterocycles. The first kappa shape index (κ1) is 13.4. The summed E-state index contributed by atoms with van der Waals surface area (Å²) in [6, 6.07) is 7.77. The Balaban J connectivity index is 1.99. The van der Waals surface area contributed by atoms with Crippen LogP contribution in [-0.4, -0.2) is 22.8 Å². The van der Waals surface area contributed by atoms with Gasteiger partial charge in [-0.3, -0.25) is 0 Å². The number of hydrogen-bond donors (Lipinski definition) is 0. The van der Waals surface area contributed by atoms with Crippen LogP contribution >= 0.6 is 11.6 Å². The Bertz CT molecular complexity index is 653. The van der Waals surface area contributed by atoms with E-state index in [4.69, 9.17) is 21.6 Å². The monoisotopic (exact) mass is 289 g/mol. The molecule has 5 heteroatoms. The molecule has 3 rings (SSSR count). The van der Waals surface area contributed by atoms with E-state index in [1.165, 1.54) is 0 Å². The molecule has 2 heterocycles. The number of nitrogens with zero attached hydrogens (tertiary/aromatic N) is 3. The molecule has 2 aromatic rings. The predicted octanol–water partition coefficient (Wildman–Crippen LogP) is 3.07. The zero-order valence-electron chi connectivity index (χ0n) is 11.2. The zero-order chi connectivity index (χ0) is 13.9. The Kier molecular flexibility index (Phi) is 3.90. The van der Waals surface area contributed by atoms with Crippen molar-refractivity contribution < 1.29 is 4.74 Å². The fraction of sp³-hybridized carbons (Fsp3) is 0.467. The molecule has 1 fully saturated rings. The van der Waals surface area contributed by atoms with Crippen LogP contribution in [-0.2, 0) is 17.2 Å². The van der Waals surface area contributed by atoms with Crippen molar-refractivity contribution in [1.82, 2.24) is 9.55 Å². The molecule has 0 spiro atoms. The standard InChI is InChI=1S/C15H16ClN3O/c16-8-15-18-13-2-1-12(9-17)7-14(13)19(15)10-11-3-5-20-6-4-11/h1-2,7,11H,3-6,8,10H2. The lowest BCUT2D eigenvalue weighted by atomic mass is 10.0. The second-order valence-corrected chi connectivity index (χ2v) is 5.41. The van der Waals surface area contributed by atoms with E-state index in [2.05, 4.69) is 15.6 Å². The Labute approximate surface area is 122 Å². The van der Waals surface area contributed by atoms with Crippen LogP contribution in [0.25, 0.3) is 11.0 Å². The number of halogens is 1. The largest absolute Gasteiger partial charge is 0.381 e. The van der Waals surface area contributed by atoms with Gasteiger partial charge in [0.15, 0.2) is 0 Å². The molecule has 1 aliphatic heterocycles. The van der Waals surface area contributed by atoms with Crippen LogP contribution < -0.4 is 0 Å². The van der Waals surface area contributed by atoms with E-state index >= 15 is 0 Å². The summed E-state index contributed by atoms with van der Waals surface area (Å²) in [6.07, 6.45) is 2.14. The molecule has 1 aliphatic rings. The van der Waals surface area contributed by atoms with Gasteiger partial charge in [-0.1, -0.05) is 0 Å². The summed E-state index contributed by atoms with van der Waals surface area (Å²) in [7, 11) is 0. The predicted molar refractivity (Wildman–Crippen MR) is 77.5 cm³/mol. The number of nitriles is 1. The Morgan fingerprint density at radius 2 is 2.20 bits per heavy atom. The van der Waals surface area contributed by atoms with Gasteiger partial charge in [-0.2, -0.15) is 5.26 Å². The van der Waals surface area contributed by atoms with Crippen LogP contribution in [0.4, 0.5) is 0 Å². The van der Waals surface area contributed by atoms with Gasteiger partial charge in [-0.25, -0.2) is 4.98 Å². The molecular formula is C15H16ClN3O. The van der Waals surface area contributed by atoms with Gasteiger partial charge in [-0.05, 0) is 37.0 Å². The molecule has 0 atom stereocenters. The third-order valence-electron chi connectivity index (χ3n) is 3.86. The van der Waals surface area contributed by atoms with Crippen molar-refractivity contribution in [2.75, 3.05) is 13.2 Å². The van der Waals surface area contributed by atoms with Gasteiger partial charge in [0, 0.05) is 19.8 Å². The molecule has 0 N–H and O–H groups in total. The van der Waals surface area contributed by atoms with E-state index in [1.807, 2.05) is 12.1 Å². The van der Waals surface area contributed by atoms with Crippen LogP contribution in [0, 0.1) is 17.2 Å². The van der Waals surface area contributed by atoms with Gasteiger partial charge < -0.3 is 9.30 Å². The van der Waals surface area contributed by atoms with Crippen LogP contribution in [0.15, 0.2) is 18.2 Å². The Morgan fingerprint density at radius 3 is 2.90 bits per heavy atom. The zero-order valence-corrected chi connectivity index (χ0v) is 11.9. The topological polar surface area (TPSA) is 50.8 Å². The molecule has 20 heavy (non-hydrogen) atoms. The molecule has 4 nitrogen and oxygen atoms in total. The SMILES string of the molecule is N#Cc1ccc2nc(CCl)n(CC3CCOCC3)c2c1. The molecule has 104 valence electrons. The van der Waals surface area contributed by atoms with E-state index in [1.54, 1.807) is 6.07 Å². The van der Waals surface area contributed by atoms with E-state index in [9.17, 15) is 0 Å². The summed E-state index contributed by atoms with van der Waals surface area (Å²) >= 11 is 6.02. The first-order valence-electron chi connectivity index (χ1n) is 6.85. The lowest BCUT2D eigenvalue weighted by Gasteiger charge is -2.23. The lowest BCUT2D eigenvalue weighted by Crippen LogP contribution is -2.21. The van der Waals surface area contributed by atoms with Gasteiger partial charge in [0.2, 0.25) is 0 Å². The van der Waals surface area contributed by atoms with Crippen molar-refractivity contribution in [3.05, 3.63) is 29.6 Å². The summed E-state index contributed by atoms with van der Waals surface area (Å²) in [6.45, 7) is 2.56. The molecule has 0 amide bonds.